The molecule has 3 aromatic rings. The Kier molecular flexibility index (Phi) is 5.99. The normalized spacial score (nSPS) is 10.3. The van der Waals surface area contributed by atoms with Crippen LogP contribution in [0.1, 0.15) is 23.0 Å². The number of carbonyl (C=O) groups excluding carboxylic acids is 1. The molecule has 6 nitrogen and oxygen atoms in total. The second-order valence-corrected chi connectivity index (χ2v) is 5.93. The number of rotatable bonds is 7. The lowest BCUT2D eigenvalue weighted by Gasteiger charge is -2.21. The summed E-state index contributed by atoms with van der Waals surface area (Å²) in [4.78, 5) is 23.4. The maximum Gasteiger partial charge on any atom is 0.274 e. The number of carbonyl (C=O) groups is 1. The van der Waals surface area contributed by atoms with E-state index in [0.29, 0.717) is 29.6 Å². The fraction of sp³-hybridized carbons (Fsp3) is 0.190. The minimum Gasteiger partial charge on any atom is -0.497 e. The van der Waals surface area contributed by atoms with Gasteiger partial charge in [0.1, 0.15) is 11.4 Å². The topological polar surface area (TPSA) is 67.4 Å². The van der Waals surface area contributed by atoms with Crippen LogP contribution in [0.25, 0.3) is 0 Å². The van der Waals surface area contributed by atoms with Crippen molar-refractivity contribution < 1.29 is 9.53 Å². The second kappa shape index (κ2) is 8.80. The van der Waals surface area contributed by atoms with Crippen molar-refractivity contribution in [2.24, 2.45) is 0 Å². The van der Waals surface area contributed by atoms with Crippen LogP contribution in [0.4, 0.5) is 11.6 Å². The van der Waals surface area contributed by atoms with Gasteiger partial charge in [0.2, 0.25) is 5.95 Å². The highest BCUT2D eigenvalue weighted by atomic mass is 16.5. The first-order chi connectivity index (χ1) is 13.2. The number of nitrogens with one attached hydrogen (secondary N) is 1. The SMILES string of the molecule is CCN(Cc1ccccc1)c1nccc(C(=O)Nc2cccc(OC)c2)n1. The van der Waals surface area contributed by atoms with Crippen LogP contribution in [-0.2, 0) is 6.54 Å². The quantitative estimate of drug-likeness (QED) is 0.693. The zero-order valence-corrected chi connectivity index (χ0v) is 15.4. The van der Waals surface area contributed by atoms with Gasteiger partial charge >= 0.3 is 0 Å². The molecule has 0 bridgehead atoms. The predicted molar refractivity (Wildman–Crippen MR) is 106 cm³/mol. The molecular formula is C21H22N4O2. The van der Waals surface area contributed by atoms with E-state index in [0.717, 1.165) is 12.1 Å². The van der Waals surface area contributed by atoms with Gasteiger partial charge in [0.25, 0.3) is 5.91 Å². The Balaban J connectivity index is 1.76. The Morgan fingerprint density at radius 2 is 1.93 bits per heavy atom. The smallest absolute Gasteiger partial charge is 0.274 e. The Labute approximate surface area is 158 Å². The fourth-order valence-corrected chi connectivity index (χ4v) is 2.65. The minimum absolute atomic E-state index is 0.289. The van der Waals surface area contributed by atoms with E-state index >= 15 is 0 Å². The molecule has 2 aromatic carbocycles. The summed E-state index contributed by atoms with van der Waals surface area (Å²) < 4.78 is 5.18. The van der Waals surface area contributed by atoms with Crippen molar-refractivity contribution in [2.45, 2.75) is 13.5 Å². The van der Waals surface area contributed by atoms with Gasteiger partial charge in [0, 0.05) is 31.0 Å². The lowest BCUT2D eigenvalue weighted by atomic mass is 10.2. The molecule has 0 atom stereocenters. The molecule has 0 unspecified atom stereocenters. The van der Waals surface area contributed by atoms with Crippen LogP contribution in [0.15, 0.2) is 66.9 Å². The number of hydrogen-bond donors (Lipinski definition) is 1. The largest absolute Gasteiger partial charge is 0.497 e. The van der Waals surface area contributed by atoms with E-state index in [-0.39, 0.29) is 5.91 Å². The maximum atomic E-state index is 12.6. The van der Waals surface area contributed by atoms with Crippen molar-refractivity contribution in [3.05, 3.63) is 78.1 Å². The maximum absolute atomic E-state index is 12.6. The highest BCUT2D eigenvalue weighted by Crippen LogP contribution is 2.18. The van der Waals surface area contributed by atoms with Gasteiger partial charge < -0.3 is 15.0 Å². The van der Waals surface area contributed by atoms with Gasteiger partial charge in [-0.15, -0.1) is 0 Å². The molecule has 0 spiro atoms. The third-order valence-electron chi connectivity index (χ3n) is 4.08. The molecule has 0 radical (unpaired) electrons. The van der Waals surface area contributed by atoms with Gasteiger partial charge in [0.05, 0.1) is 7.11 Å². The van der Waals surface area contributed by atoms with E-state index in [2.05, 4.69) is 27.4 Å². The molecule has 0 saturated heterocycles. The van der Waals surface area contributed by atoms with Crippen molar-refractivity contribution in [1.29, 1.82) is 0 Å². The third-order valence-corrected chi connectivity index (χ3v) is 4.08. The van der Waals surface area contributed by atoms with Gasteiger partial charge in [-0.1, -0.05) is 36.4 Å². The Hall–Kier alpha value is -3.41. The predicted octanol–water partition coefficient (Wildman–Crippen LogP) is 3.76. The molecule has 27 heavy (non-hydrogen) atoms. The van der Waals surface area contributed by atoms with Crippen molar-refractivity contribution >= 4 is 17.5 Å². The monoisotopic (exact) mass is 362 g/mol. The van der Waals surface area contributed by atoms with Crippen molar-refractivity contribution in [1.82, 2.24) is 9.97 Å². The molecule has 3 rings (SSSR count). The zero-order chi connectivity index (χ0) is 19.1. The number of hydrogen-bond acceptors (Lipinski definition) is 5. The molecule has 1 aromatic heterocycles. The summed E-state index contributed by atoms with van der Waals surface area (Å²) in [6.07, 6.45) is 1.61. The van der Waals surface area contributed by atoms with Gasteiger partial charge in [-0.2, -0.15) is 0 Å². The molecule has 6 heteroatoms. The highest BCUT2D eigenvalue weighted by Gasteiger charge is 2.13. The van der Waals surface area contributed by atoms with E-state index in [4.69, 9.17) is 4.74 Å². The first kappa shape index (κ1) is 18.4. The van der Waals surface area contributed by atoms with Crippen LogP contribution in [0.5, 0.6) is 5.75 Å². The molecule has 0 aliphatic carbocycles. The van der Waals surface area contributed by atoms with E-state index < -0.39 is 0 Å². The number of nitrogens with zero attached hydrogens (tertiary/aromatic N) is 3. The van der Waals surface area contributed by atoms with Crippen LogP contribution >= 0.6 is 0 Å². The molecule has 0 saturated carbocycles. The molecule has 0 fully saturated rings. The minimum atomic E-state index is -0.289. The third kappa shape index (κ3) is 4.82. The number of amides is 1. The lowest BCUT2D eigenvalue weighted by molar-refractivity contribution is 0.102. The molecule has 0 aliphatic rings. The van der Waals surface area contributed by atoms with E-state index in [1.807, 2.05) is 42.2 Å². The Bertz CT molecular complexity index is 899. The van der Waals surface area contributed by atoms with Crippen LogP contribution < -0.4 is 15.0 Å². The van der Waals surface area contributed by atoms with E-state index in [1.54, 1.807) is 31.5 Å². The molecule has 138 valence electrons. The number of benzene rings is 2. The molecule has 1 heterocycles. The number of ether oxygens (including phenoxy) is 1. The number of methoxy groups -OCH3 is 1. The first-order valence-electron chi connectivity index (χ1n) is 8.77. The standard InChI is InChI=1S/C21H22N4O2/c1-3-25(15-16-8-5-4-6-9-16)21-22-13-12-19(24-21)20(26)23-17-10-7-11-18(14-17)27-2/h4-14H,3,15H2,1-2H3,(H,23,26). The van der Waals surface area contributed by atoms with Gasteiger partial charge in [-0.25, -0.2) is 9.97 Å². The zero-order valence-electron chi connectivity index (χ0n) is 15.4. The summed E-state index contributed by atoms with van der Waals surface area (Å²) >= 11 is 0. The molecule has 0 aliphatic heterocycles. The van der Waals surface area contributed by atoms with Gasteiger partial charge in [0.15, 0.2) is 0 Å². The van der Waals surface area contributed by atoms with Crippen molar-refractivity contribution in [3.8, 4) is 5.75 Å². The summed E-state index contributed by atoms with van der Waals surface area (Å²) in [7, 11) is 1.59. The van der Waals surface area contributed by atoms with Gasteiger partial charge in [-0.05, 0) is 30.7 Å². The molecule has 1 N–H and O–H groups in total. The van der Waals surface area contributed by atoms with E-state index in [9.17, 15) is 4.79 Å². The van der Waals surface area contributed by atoms with Crippen molar-refractivity contribution in [2.75, 3.05) is 23.9 Å². The average Bonchev–Trinajstić information content (AvgIpc) is 2.73. The Morgan fingerprint density at radius 3 is 2.67 bits per heavy atom. The second-order valence-electron chi connectivity index (χ2n) is 5.93. The summed E-state index contributed by atoms with van der Waals surface area (Å²) in [6.45, 7) is 3.45. The number of aromatic nitrogens is 2. The van der Waals surface area contributed by atoms with E-state index in [1.165, 1.54) is 0 Å². The first-order valence-corrected chi connectivity index (χ1v) is 8.77. The van der Waals surface area contributed by atoms with Crippen LogP contribution in [0.2, 0.25) is 0 Å². The fourth-order valence-electron chi connectivity index (χ4n) is 2.65. The Morgan fingerprint density at radius 1 is 1.11 bits per heavy atom. The molecular weight excluding hydrogens is 340 g/mol. The summed E-state index contributed by atoms with van der Waals surface area (Å²) in [6, 6.07) is 18.9. The summed E-state index contributed by atoms with van der Waals surface area (Å²) in [5, 5.41) is 2.84. The highest BCUT2D eigenvalue weighted by molar-refractivity contribution is 6.03. The van der Waals surface area contributed by atoms with Crippen molar-refractivity contribution in [3.63, 3.8) is 0 Å². The van der Waals surface area contributed by atoms with Crippen LogP contribution in [-0.4, -0.2) is 29.5 Å². The van der Waals surface area contributed by atoms with Crippen LogP contribution in [0, 0.1) is 0 Å². The molecule has 1 amide bonds. The summed E-state index contributed by atoms with van der Waals surface area (Å²) in [5.74, 6) is 0.915. The summed E-state index contributed by atoms with van der Waals surface area (Å²) in [5.41, 5.74) is 2.12. The average molecular weight is 362 g/mol. The van der Waals surface area contributed by atoms with Crippen LogP contribution in [0.3, 0.4) is 0 Å². The lowest BCUT2D eigenvalue weighted by Crippen LogP contribution is -2.25. The van der Waals surface area contributed by atoms with Gasteiger partial charge in [-0.3, -0.25) is 4.79 Å². The number of anilines is 2.